The van der Waals surface area contributed by atoms with Gasteiger partial charge in [-0.1, -0.05) is 0 Å². The van der Waals surface area contributed by atoms with Gasteiger partial charge in [-0.2, -0.15) is 0 Å². The molecule has 1 aliphatic rings. The van der Waals surface area contributed by atoms with Gasteiger partial charge < -0.3 is 19.8 Å². The van der Waals surface area contributed by atoms with Gasteiger partial charge in [-0.25, -0.2) is 4.98 Å². The monoisotopic (exact) mass is 277 g/mol. The lowest BCUT2D eigenvalue weighted by atomic mass is 10.1. The molecule has 1 aliphatic carbocycles. The van der Waals surface area contributed by atoms with Crippen molar-refractivity contribution in [1.82, 2.24) is 15.3 Å². The molecular weight excluding hydrogens is 262 g/mol. The number of hydrogen-bond donors (Lipinski definition) is 3. The molecule has 2 aromatic rings. The van der Waals surface area contributed by atoms with Crippen LogP contribution in [0, 0.1) is 12.8 Å². The molecule has 3 N–H and O–H groups in total. The molecule has 2 aromatic heterocycles. The van der Waals surface area contributed by atoms with Crippen molar-refractivity contribution < 1.29 is 14.3 Å². The topological polar surface area (TPSA) is 108 Å². The summed E-state index contributed by atoms with van der Waals surface area (Å²) in [5.74, 6) is 0.185. The van der Waals surface area contributed by atoms with Crippen molar-refractivity contribution in [1.29, 1.82) is 0 Å². The van der Waals surface area contributed by atoms with E-state index in [1.165, 1.54) is 6.33 Å². The van der Waals surface area contributed by atoms with E-state index in [1.54, 1.807) is 6.92 Å². The van der Waals surface area contributed by atoms with E-state index in [1.807, 2.05) is 0 Å². The van der Waals surface area contributed by atoms with E-state index >= 15 is 0 Å². The number of aromatic nitrogens is 2. The lowest BCUT2D eigenvalue weighted by Crippen LogP contribution is -2.33. The molecule has 1 unspecified atom stereocenters. The van der Waals surface area contributed by atoms with Crippen LogP contribution in [0.2, 0.25) is 0 Å². The van der Waals surface area contributed by atoms with E-state index in [9.17, 15) is 14.7 Å². The fraction of sp³-hybridized carbons (Fsp3) is 0.462. The molecule has 7 nitrogen and oxygen atoms in total. The van der Waals surface area contributed by atoms with Gasteiger partial charge in [0.2, 0.25) is 5.71 Å². The predicted molar refractivity (Wildman–Crippen MR) is 70.4 cm³/mol. The molecule has 1 amide bonds. The number of amides is 1. The minimum Gasteiger partial charge on any atom is -0.442 e. The van der Waals surface area contributed by atoms with Gasteiger partial charge in [0.25, 0.3) is 11.5 Å². The summed E-state index contributed by atoms with van der Waals surface area (Å²) in [6, 6.07) is 0. The van der Waals surface area contributed by atoms with Crippen LogP contribution >= 0.6 is 0 Å². The first kappa shape index (κ1) is 12.9. The van der Waals surface area contributed by atoms with Crippen molar-refractivity contribution in [3.8, 4) is 0 Å². The van der Waals surface area contributed by atoms with E-state index in [2.05, 4.69) is 15.3 Å². The van der Waals surface area contributed by atoms with Crippen LogP contribution in [0.25, 0.3) is 11.1 Å². The Morgan fingerprint density at radius 2 is 2.40 bits per heavy atom. The average molecular weight is 277 g/mol. The fourth-order valence-corrected chi connectivity index (χ4v) is 2.26. The van der Waals surface area contributed by atoms with Crippen LogP contribution in [0.3, 0.4) is 0 Å². The maximum Gasteiger partial charge on any atom is 0.262 e. The first-order valence-electron chi connectivity index (χ1n) is 6.51. The fourth-order valence-electron chi connectivity index (χ4n) is 2.26. The van der Waals surface area contributed by atoms with E-state index in [-0.39, 0.29) is 29.1 Å². The summed E-state index contributed by atoms with van der Waals surface area (Å²) in [4.78, 5) is 30.3. The van der Waals surface area contributed by atoms with Gasteiger partial charge in [0.05, 0.1) is 18.0 Å². The van der Waals surface area contributed by atoms with E-state index in [4.69, 9.17) is 4.42 Å². The Hall–Kier alpha value is -2.15. The molecular formula is C13H15N3O4. The van der Waals surface area contributed by atoms with E-state index < -0.39 is 17.6 Å². The zero-order valence-electron chi connectivity index (χ0n) is 11.0. The van der Waals surface area contributed by atoms with Crippen molar-refractivity contribution in [3.63, 3.8) is 0 Å². The SMILES string of the molecule is Cc1oc2nc[nH]c(=O)c2c1C(=O)NCC(O)C1CC1. The summed E-state index contributed by atoms with van der Waals surface area (Å²) in [5, 5.41) is 12.5. The van der Waals surface area contributed by atoms with Crippen LogP contribution in [-0.4, -0.2) is 33.6 Å². The number of rotatable bonds is 4. The predicted octanol–water partition coefficient (Wildman–Crippen LogP) is 0.325. The zero-order chi connectivity index (χ0) is 14.3. The first-order valence-corrected chi connectivity index (χ1v) is 6.51. The Kier molecular flexibility index (Phi) is 3.06. The average Bonchev–Trinajstić information content (AvgIpc) is 3.19. The largest absolute Gasteiger partial charge is 0.442 e. The van der Waals surface area contributed by atoms with Crippen molar-refractivity contribution >= 4 is 17.0 Å². The van der Waals surface area contributed by atoms with Crippen LogP contribution in [0.5, 0.6) is 0 Å². The van der Waals surface area contributed by atoms with Crippen molar-refractivity contribution in [2.24, 2.45) is 5.92 Å². The number of carbonyl (C=O) groups excluding carboxylic acids is 1. The molecule has 0 radical (unpaired) electrons. The quantitative estimate of drug-likeness (QED) is 0.746. The third kappa shape index (κ3) is 2.20. The highest BCUT2D eigenvalue weighted by Gasteiger charge is 2.30. The Labute approximate surface area is 114 Å². The van der Waals surface area contributed by atoms with Crippen molar-refractivity contribution in [2.45, 2.75) is 25.9 Å². The Balaban J connectivity index is 1.87. The maximum atomic E-state index is 12.2. The third-order valence-electron chi connectivity index (χ3n) is 3.54. The van der Waals surface area contributed by atoms with Crippen LogP contribution < -0.4 is 10.9 Å². The van der Waals surface area contributed by atoms with Gasteiger partial charge >= 0.3 is 0 Å². The molecule has 7 heteroatoms. The highest BCUT2D eigenvalue weighted by atomic mass is 16.3. The molecule has 20 heavy (non-hydrogen) atoms. The second-order valence-corrected chi connectivity index (χ2v) is 5.06. The summed E-state index contributed by atoms with van der Waals surface area (Å²) >= 11 is 0. The Morgan fingerprint density at radius 1 is 1.65 bits per heavy atom. The lowest BCUT2D eigenvalue weighted by Gasteiger charge is -2.10. The number of nitrogens with one attached hydrogen (secondary N) is 2. The highest BCUT2D eigenvalue weighted by Crippen LogP contribution is 2.32. The summed E-state index contributed by atoms with van der Waals surface area (Å²) in [6.07, 6.45) is 2.68. The third-order valence-corrected chi connectivity index (χ3v) is 3.54. The van der Waals surface area contributed by atoms with Gasteiger partial charge in [-0.3, -0.25) is 9.59 Å². The number of aryl methyl sites for hydroxylation is 1. The maximum absolute atomic E-state index is 12.2. The molecule has 0 aliphatic heterocycles. The number of aliphatic hydroxyl groups excluding tert-OH is 1. The molecule has 0 saturated heterocycles. The van der Waals surface area contributed by atoms with Gasteiger partial charge in [0, 0.05) is 6.54 Å². The summed E-state index contributed by atoms with van der Waals surface area (Å²) in [5.41, 5.74) is -0.101. The first-order chi connectivity index (χ1) is 9.58. The molecule has 0 aromatic carbocycles. The van der Waals surface area contributed by atoms with Crippen molar-refractivity contribution in [3.05, 3.63) is 28.0 Å². The molecule has 1 fully saturated rings. The number of aliphatic hydroxyl groups is 1. The van der Waals surface area contributed by atoms with Crippen LogP contribution in [0.4, 0.5) is 0 Å². The molecule has 2 heterocycles. The zero-order valence-corrected chi connectivity index (χ0v) is 11.0. The van der Waals surface area contributed by atoms with Gasteiger partial charge in [-0.05, 0) is 25.7 Å². The number of aromatic amines is 1. The second-order valence-electron chi connectivity index (χ2n) is 5.06. The minimum atomic E-state index is -0.533. The number of carbonyl (C=O) groups is 1. The van der Waals surface area contributed by atoms with Crippen LogP contribution in [0.1, 0.15) is 29.0 Å². The molecule has 1 saturated carbocycles. The number of furan rings is 1. The lowest BCUT2D eigenvalue weighted by molar-refractivity contribution is 0.0901. The van der Waals surface area contributed by atoms with Gasteiger partial charge in [-0.15, -0.1) is 0 Å². The normalized spacial score (nSPS) is 16.3. The van der Waals surface area contributed by atoms with Crippen molar-refractivity contribution in [2.75, 3.05) is 6.54 Å². The van der Waals surface area contributed by atoms with Crippen LogP contribution in [-0.2, 0) is 0 Å². The summed E-state index contributed by atoms with van der Waals surface area (Å²) in [7, 11) is 0. The molecule has 0 bridgehead atoms. The second kappa shape index (κ2) is 4.75. The minimum absolute atomic E-state index is 0.138. The number of nitrogens with zero attached hydrogens (tertiary/aromatic N) is 1. The molecule has 106 valence electrons. The van der Waals surface area contributed by atoms with E-state index in [0.29, 0.717) is 5.76 Å². The molecule has 1 atom stereocenters. The Morgan fingerprint density at radius 3 is 3.10 bits per heavy atom. The summed E-state index contributed by atoms with van der Waals surface area (Å²) in [6.45, 7) is 1.78. The Bertz CT molecular complexity index is 714. The van der Waals surface area contributed by atoms with E-state index in [0.717, 1.165) is 12.8 Å². The summed E-state index contributed by atoms with van der Waals surface area (Å²) < 4.78 is 5.31. The number of hydrogen-bond acceptors (Lipinski definition) is 5. The standard InChI is InChI=1S/C13H15N3O4/c1-6-9(10-12(19)15-5-16-13(10)20-6)11(18)14-4-8(17)7-2-3-7/h5,7-8,17H,2-4H2,1H3,(H,14,18)(H,15,16,19). The highest BCUT2D eigenvalue weighted by molar-refractivity contribution is 6.06. The molecule has 0 spiro atoms. The van der Waals surface area contributed by atoms with Gasteiger partial charge in [0.1, 0.15) is 11.1 Å². The molecule has 3 rings (SSSR count). The van der Waals surface area contributed by atoms with Crippen LogP contribution in [0.15, 0.2) is 15.5 Å². The number of H-pyrrole nitrogens is 1. The smallest absolute Gasteiger partial charge is 0.262 e. The number of fused-ring (bicyclic) bond motifs is 1. The van der Waals surface area contributed by atoms with Gasteiger partial charge in [0.15, 0.2) is 0 Å².